The van der Waals surface area contributed by atoms with Crippen molar-refractivity contribution in [1.82, 2.24) is 0 Å². The van der Waals surface area contributed by atoms with E-state index >= 15 is 0 Å². The van der Waals surface area contributed by atoms with E-state index in [-0.39, 0.29) is 11.8 Å². The van der Waals surface area contributed by atoms with Crippen LogP contribution >= 0.6 is 0 Å². The minimum absolute atomic E-state index is 0.0509. The maximum Gasteiger partial charge on any atom is 0.205 e. The molecule has 0 unspecified atom stereocenters. The molecule has 4 nitrogen and oxygen atoms in total. The molecule has 0 saturated carbocycles. The zero-order valence-electron chi connectivity index (χ0n) is 6.22. The van der Waals surface area contributed by atoms with Crippen molar-refractivity contribution in [2.45, 2.75) is 19.9 Å². The van der Waals surface area contributed by atoms with Gasteiger partial charge in [-0.1, -0.05) is 13.8 Å². The molecule has 1 atom stereocenters. The lowest BCUT2D eigenvalue weighted by molar-refractivity contribution is 0.472. The Labute approximate surface area is 60.4 Å². The summed E-state index contributed by atoms with van der Waals surface area (Å²) in [7, 11) is 0. The summed E-state index contributed by atoms with van der Waals surface area (Å²) in [5.74, 6) is 0.123. The van der Waals surface area contributed by atoms with E-state index in [2.05, 4.69) is 4.74 Å². The molecule has 0 aliphatic rings. The Morgan fingerprint density at radius 3 is 2.40 bits per heavy atom. The zero-order chi connectivity index (χ0) is 8.15. The standard InChI is InChI=1S/C6H13N3O/c1-4(2)5(8)6(9)10-3-7/h3-5,7,9H,8H2,1-2H3/t5-/m0/s1. The van der Waals surface area contributed by atoms with Gasteiger partial charge in [0.15, 0.2) is 6.40 Å². The van der Waals surface area contributed by atoms with Gasteiger partial charge in [-0.3, -0.25) is 10.8 Å². The Balaban J connectivity index is 3.81. The van der Waals surface area contributed by atoms with Crippen molar-refractivity contribution in [3.8, 4) is 0 Å². The van der Waals surface area contributed by atoms with Crippen LogP contribution in [-0.4, -0.2) is 18.3 Å². The van der Waals surface area contributed by atoms with Gasteiger partial charge in [-0.05, 0) is 5.92 Å². The summed E-state index contributed by atoms with van der Waals surface area (Å²) in [6.45, 7) is 3.79. The van der Waals surface area contributed by atoms with Crippen molar-refractivity contribution in [1.29, 1.82) is 10.8 Å². The van der Waals surface area contributed by atoms with Crippen molar-refractivity contribution in [2.75, 3.05) is 0 Å². The molecule has 0 aromatic carbocycles. The smallest absolute Gasteiger partial charge is 0.205 e. The summed E-state index contributed by atoms with van der Waals surface area (Å²) in [5.41, 5.74) is 5.49. The highest BCUT2D eigenvalue weighted by Crippen LogP contribution is 1.99. The predicted octanol–water partition coefficient (Wildman–Crippen LogP) is 0.571. The Kier molecular flexibility index (Phi) is 3.64. The Morgan fingerprint density at radius 1 is 1.60 bits per heavy atom. The van der Waals surface area contributed by atoms with Crippen LogP contribution in [0.4, 0.5) is 0 Å². The van der Waals surface area contributed by atoms with Crippen molar-refractivity contribution in [2.24, 2.45) is 11.7 Å². The normalized spacial score (nSPS) is 12.8. The van der Waals surface area contributed by atoms with Crippen LogP contribution in [0.5, 0.6) is 0 Å². The molecule has 0 heterocycles. The number of rotatable bonds is 3. The molecule has 0 aliphatic carbocycles. The summed E-state index contributed by atoms with van der Waals surface area (Å²) in [6, 6.07) is -0.401. The van der Waals surface area contributed by atoms with E-state index < -0.39 is 6.04 Å². The first-order chi connectivity index (χ1) is 4.59. The molecule has 58 valence electrons. The van der Waals surface area contributed by atoms with Crippen molar-refractivity contribution in [3.63, 3.8) is 0 Å². The van der Waals surface area contributed by atoms with Crippen LogP contribution in [0, 0.1) is 16.7 Å². The van der Waals surface area contributed by atoms with Crippen molar-refractivity contribution in [3.05, 3.63) is 0 Å². The molecule has 0 spiro atoms. The highest BCUT2D eigenvalue weighted by atomic mass is 16.5. The fraction of sp³-hybridized carbons (Fsp3) is 0.667. The Hall–Kier alpha value is -0.900. The van der Waals surface area contributed by atoms with E-state index in [4.69, 9.17) is 16.6 Å². The van der Waals surface area contributed by atoms with E-state index in [9.17, 15) is 0 Å². The first kappa shape index (κ1) is 9.10. The summed E-state index contributed by atoms with van der Waals surface area (Å²) >= 11 is 0. The lowest BCUT2D eigenvalue weighted by atomic mass is 10.1. The number of ether oxygens (including phenoxy) is 1. The molecule has 0 bridgehead atoms. The van der Waals surface area contributed by atoms with Gasteiger partial charge >= 0.3 is 0 Å². The van der Waals surface area contributed by atoms with Gasteiger partial charge in [-0.15, -0.1) is 0 Å². The molecule has 0 aromatic rings. The highest BCUT2D eigenvalue weighted by molar-refractivity contribution is 5.84. The highest BCUT2D eigenvalue weighted by Gasteiger charge is 2.13. The first-order valence-corrected chi connectivity index (χ1v) is 3.09. The van der Waals surface area contributed by atoms with E-state index in [1.165, 1.54) is 0 Å². The predicted molar refractivity (Wildman–Crippen MR) is 40.4 cm³/mol. The summed E-state index contributed by atoms with van der Waals surface area (Å²) in [5, 5.41) is 13.7. The van der Waals surface area contributed by atoms with Gasteiger partial charge in [0.05, 0.1) is 6.04 Å². The van der Waals surface area contributed by atoms with E-state index in [0.29, 0.717) is 6.40 Å². The number of nitrogens with two attached hydrogens (primary N) is 1. The minimum Gasteiger partial charge on any atom is -0.431 e. The fourth-order valence-corrected chi connectivity index (χ4v) is 0.445. The zero-order valence-corrected chi connectivity index (χ0v) is 6.22. The van der Waals surface area contributed by atoms with E-state index in [0.717, 1.165) is 0 Å². The largest absolute Gasteiger partial charge is 0.431 e. The fourth-order valence-electron chi connectivity index (χ4n) is 0.445. The number of hydrogen-bond donors (Lipinski definition) is 3. The first-order valence-electron chi connectivity index (χ1n) is 3.09. The summed E-state index contributed by atoms with van der Waals surface area (Å²) in [6.07, 6.45) is 0.713. The van der Waals surface area contributed by atoms with Gasteiger partial charge in [0.25, 0.3) is 0 Å². The van der Waals surface area contributed by atoms with Crippen LogP contribution in [0.25, 0.3) is 0 Å². The third kappa shape index (κ3) is 2.59. The van der Waals surface area contributed by atoms with Crippen LogP contribution in [0.3, 0.4) is 0 Å². The quantitative estimate of drug-likeness (QED) is 0.398. The third-order valence-electron chi connectivity index (χ3n) is 1.21. The van der Waals surface area contributed by atoms with Crippen LogP contribution in [-0.2, 0) is 4.74 Å². The van der Waals surface area contributed by atoms with Crippen molar-refractivity contribution < 1.29 is 4.74 Å². The lowest BCUT2D eigenvalue weighted by Crippen LogP contribution is -2.36. The SMILES string of the molecule is CC(C)[C@H](N)C(=N)OC=N. The second-order valence-corrected chi connectivity index (χ2v) is 2.37. The number of hydrogen-bond acceptors (Lipinski definition) is 4. The van der Waals surface area contributed by atoms with E-state index in [1.807, 2.05) is 13.8 Å². The van der Waals surface area contributed by atoms with Gasteiger partial charge in [0.1, 0.15) is 0 Å². The molecular formula is C6H13N3O. The molecule has 0 saturated heterocycles. The van der Waals surface area contributed by atoms with Gasteiger partial charge < -0.3 is 10.5 Å². The van der Waals surface area contributed by atoms with Crippen LogP contribution in [0.1, 0.15) is 13.8 Å². The molecule has 0 rings (SSSR count). The topological polar surface area (TPSA) is 83.0 Å². The minimum atomic E-state index is -0.401. The average molecular weight is 143 g/mol. The maximum atomic E-state index is 7.13. The lowest BCUT2D eigenvalue weighted by Gasteiger charge is -2.13. The summed E-state index contributed by atoms with van der Waals surface area (Å²) < 4.78 is 4.46. The van der Waals surface area contributed by atoms with Gasteiger partial charge in [0.2, 0.25) is 5.90 Å². The molecule has 0 radical (unpaired) electrons. The van der Waals surface area contributed by atoms with E-state index in [1.54, 1.807) is 0 Å². The third-order valence-corrected chi connectivity index (χ3v) is 1.21. The van der Waals surface area contributed by atoms with Gasteiger partial charge in [0, 0.05) is 0 Å². The van der Waals surface area contributed by atoms with Gasteiger partial charge in [-0.25, -0.2) is 0 Å². The second kappa shape index (κ2) is 4.00. The molecule has 0 aromatic heterocycles. The molecule has 0 amide bonds. The average Bonchev–Trinajstić information content (AvgIpc) is 1.87. The van der Waals surface area contributed by atoms with Crippen molar-refractivity contribution >= 4 is 12.3 Å². The van der Waals surface area contributed by atoms with Gasteiger partial charge in [-0.2, -0.15) is 0 Å². The molecule has 10 heavy (non-hydrogen) atoms. The Bertz CT molecular complexity index is 133. The van der Waals surface area contributed by atoms with Crippen LogP contribution in [0.15, 0.2) is 0 Å². The second-order valence-electron chi connectivity index (χ2n) is 2.37. The van der Waals surface area contributed by atoms with Crippen LogP contribution < -0.4 is 5.73 Å². The van der Waals surface area contributed by atoms with Crippen LogP contribution in [0.2, 0.25) is 0 Å². The molecule has 0 aliphatic heterocycles. The monoisotopic (exact) mass is 143 g/mol. The summed E-state index contributed by atoms with van der Waals surface area (Å²) in [4.78, 5) is 0. The molecule has 4 heteroatoms. The number of nitrogens with one attached hydrogen (secondary N) is 2. The maximum absolute atomic E-state index is 7.13. The Morgan fingerprint density at radius 2 is 2.10 bits per heavy atom. The molecular weight excluding hydrogens is 130 g/mol. The molecule has 4 N–H and O–H groups in total. The molecule has 0 fully saturated rings.